The maximum absolute atomic E-state index is 5.78. The molecule has 0 saturated carbocycles. The van der Waals surface area contributed by atoms with Gasteiger partial charge in [-0.25, -0.2) is 0 Å². The van der Waals surface area contributed by atoms with Crippen LogP contribution in [0.1, 0.15) is 63.1 Å². The fourth-order valence-corrected chi connectivity index (χ4v) is 2.73. The molecule has 0 aliphatic rings. The van der Waals surface area contributed by atoms with E-state index in [1.54, 1.807) is 7.11 Å². The van der Waals surface area contributed by atoms with Crippen LogP contribution in [-0.4, -0.2) is 7.11 Å². The highest BCUT2D eigenvalue weighted by Gasteiger charge is 2.16. The summed E-state index contributed by atoms with van der Waals surface area (Å²) in [6.45, 7) is 6.59. The summed E-state index contributed by atoms with van der Waals surface area (Å²) in [5.74, 6) is 7.44. The predicted octanol–water partition coefficient (Wildman–Crippen LogP) is 4.11. The van der Waals surface area contributed by atoms with Crippen LogP contribution in [0.5, 0.6) is 5.75 Å². The molecule has 0 aromatic heterocycles. The van der Waals surface area contributed by atoms with Gasteiger partial charge < -0.3 is 4.74 Å². The molecule has 0 spiro atoms. The second kappa shape index (κ2) is 8.98. The van der Waals surface area contributed by atoms with Crippen LogP contribution in [-0.2, 0) is 0 Å². The minimum atomic E-state index is 0.224. The lowest BCUT2D eigenvalue weighted by atomic mass is 9.89. The lowest BCUT2D eigenvalue weighted by Crippen LogP contribution is -2.29. The zero-order chi connectivity index (χ0) is 15.0. The second-order valence-corrected chi connectivity index (χ2v) is 5.60. The number of nitrogens with two attached hydrogens (primary N) is 1. The number of rotatable bonds is 9. The van der Waals surface area contributed by atoms with E-state index >= 15 is 0 Å². The van der Waals surface area contributed by atoms with Crippen LogP contribution >= 0.6 is 0 Å². The first-order valence-corrected chi connectivity index (χ1v) is 7.76. The van der Waals surface area contributed by atoms with Crippen molar-refractivity contribution in [1.82, 2.24) is 5.43 Å². The highest BCUT2D eigenvalue weighted by Crippen LogP contribution is 2.29. The van der Waals surface area contributed by atoms with Gasteiger partial charge in [-0.1, -0.05) is 51.7 Å². The number of aryl methyl sites for hydroxylation is 1. The van der Waals surface area contributed by atoms with Crippen molar-refractivity contribution in [3.63, 3.8) is 0 Å². The van der Waals surface area contributed by atoms with Gasteiger partial charge in [0.05, 0.1) is 7.11 Å². The molecule has 2 unspecified atom stereocenters. The molecule has 1 rings (SSSR count). The van der Waals surface area contributed by atoms with Crippen molar-refractivity contribution < 1.29 is 4.74 Å². The van der Waals surface area contributed by atoms with Crippen molar-refractivity contribution in [2.45, 2.75) is 58.9 Å². The molecule has 0 aliphatic carbocycles. The Morgan fingerprint density at radius 3 is 2.55 bits per heavy atom. The Morgan fingerprint density at radius 2 is 2.05 bits per heavy atom. The molecule has 0 saturated heterocycles. The molecule has 0 fully saturated rings. The number of benzene rings is 1. The average molecular weight is 278 g/mol. The van der Waals surface area contributed by atoms with Crippen molar-refractivity contribution in [2.75, 3.05) is 7.11 Å². The first kappa shape index (κ1) is 17.0. The summed E-state index contributed by atoms with van der Waals surface area (Å²) in [5.41, 5.74) is 5.39. The zero-order valence-electron chi connectivity index (χ0n) is 13.4. The van der Waals surface area contributed by atoms with Crippen LogP contribution in [0.2, 0.25) is 0 Å². The number of hydrogen-bond donors (Lipinski definition) is 2. The molecule has 0 aliphatic heterocycles. The van der Waals surface area contributed by atoms with Crippen molar-refractivity contribution >= 4 is 0 Å². The summed E-state index contributed by atoms with van der Waals surface area (Å²) in [6, 6.07) is 6.54. The van der Waals surface area contributed by atoms with Crippen molar-refractivity contribution in [3.05, 3.63) is 29.3 Å². The highest BCUT2D eigenvalue weighted by molar-refractivity contribution is 5.37. The molecule has 1 aromatic carbocycles. The number of nitrogens with one attached hydrogen (secondary N) is 1. The molecular formula is C17H30N2O. The molecule has 0 heterocycles. The molecule has 114 valence electrons. The third kappa shape index (κ3) is 4.80. The Balaban J connectivity index is 2.76. The highest BCUT2D eigenvalue weighted by atomic mass is 16.5. The fraction of sp³-hybridized carbons (Fsp3) is 0.647. The van der Waals surface area contributed by atoms with E-state index < -0.39 is 0 Å². The Morgan fingerprint density at radius 1 is 1.30 bits per heavy atom. The summed E-state index contributed by atoms with van der Waals surface area (Å²) in [5, 5.41) is 0. The second-order valence-electron chi connectivity index (χ2n) is 5.60. The van der Waals surface area contributed by atoms with Gasteiger partial charge in [0.15, 0.2) is 0 Å². The van der Waals surface area contributed by atoms with E-state index in [-0.39, 0.29) is 6.04 Å². The molecule has 0 amide bonds. The lowest BCUT2D eigenvalue weighted by molar-refractivity contribution is 0.355. The third-order valence-corrected chi connectivity index (χ3v) is 4.13. The van der Waals surface area contributed by atoms with Gasteiger partial charge in [-0.3, -0.25) is 11.3 Å². The van der Waals surface area contributed by atoms with E-state index in [0.717, 1.165) is 23.7 Å². The summed E-state index contributed by atoms with van der Waals surface area (Å²) >= 11 is 0. The average Bonchev–Trinajstić information content (AvgIpc) is 2.47. The molecule has 3 N–H and O–H groups in total. The van der Waals surface area contributed by atoms with Crippen LogP contribution in [0.4, 0.5) is 0 Å². The molecule has 3 heteroatoms. The smallest absolute Gasteiger partial charge is 0.121 e. The summed E-state index contributed by atoms with van der Waals surface area (Å²) in [4.78, 5) is 0. The van der Waals surface area contributed by atoms with E-state index in [4.69, 9.17) is 10.6 Å². The standard InChI is InChI=1S/C17H30N2O/c1-5-7-8-14(6-2)12-16(19-18)15-9-10-17(20-4)13(3)11-15/h9-11,14,16,19H,5-8,12,18H2,1-4H3. The van der Waals surface area contributed by atoms with Crippen molar-refractivity contribution in [3.8, 4) is 5.75 Å². The zero-order valence-corrected chi connectivity index (χ0v) is 13.4. The molecule has 3 nitrogen and oxygen atoms in total. The molecule has 0 bridgehead atoms. The fourth-order valence-electron chi connectivity index (χ4n) is 2.73. The van der Waals surface area contributed by atoms with Gasteiger partial charge in [0.25, 0.3) is 0 Å². The van der Waals surface area contributed by atoms with Gasteiger partial charge in [-0.05, 0) is 36.5 Å². The molecular weight excluding hydrogens is 248 g/mol. The normalized spacial score (nSPS) is 14.1. The van der Waals surface area contributed by atoms with Gasteiger partial charge in [-0.15, -0.1) is 0 Å². The largest absolute Gasteiger partial charge is 0.496 e. The number of methoxy groups -OCH3 is 1. The number of ether oxygens (including phenoxy) is 1. The summed E-state index contributed by atoms with van der Waals surface area (Å²) < 4.78 is 5.32. The Labute approximate surface area is 123 Å². The Hall–Kier alpha value is -1.06. The molecule has 1 aromatic rings. The first-order chi connectivity index (χ1) is 9.65. The maximum Gasteiger partial charge on any atom is 0.121 e. The van der Waals surface area contributed by atoms with Gasteiger partial charge in [-0.2, -0.15) is 0 Å². The minimum absolute atomic E-state index is 0.224. The Bertz CT molecular complexity index is 393. The summed E-state index contributed by atoms with van der Waals surface area (Å²) in [7, 11) is 1.71. The van der Waals surface area contributed by atoms with E-state index in [2.05, 4.69) is 38.3 Å². The number of hydrogen-bond acceptors (Lipinski definition) is 3. The first-order valence-electron chi connectivity index (χ1n) is 7.76. The van der Waals surface area contributed by atoms with Crippen LogP contribution < -0.4 is 16.0 Å². The van der Waals surface area contributed by atoms with Crippen LogP contribution in [0.25, 0.3) is 0 Å². The topological polar surface area (TPSA) is 47.3 Å². The quantitative estimate of drug-likeness (QED) is 0.528. The number of hydrazine groups is 1. The molecule has 2 atom stereocenters. The van der Waals surface area contributed by atoms with Gasteiger partial charge in [0.1, 0.15) is 5.75 Å². The maximum atomic E-state index is 5.78. The van der Waals surface area contributed by atoms with E-state index in [0.29, 0.717) is 0 Å². The molecule has 0 radical (unpaired) electrons. The lowest BCUT2D eigenvalue weighted by Gasteiger charge is -2.23. The number of unbranched alkanes of at least 4 members (excludes halogenated alkanes) is 1. The SMILES string of the molecule is CCCCC(CC)CC(NN)c1ccc(OC)c(C)c1. The van der Waals surface area contributed by atoms with Crippen LogP contribution in [0.15, 0.2) is 18.2 Å². The Kier molecular flexibility index (Phi) is 7.63. The van der Waals surface area contributed by atoms with E-state index in [9.17, 15) is 0 Å². The van der Waals surface area contributed by atoms with Gasteiger partial charge >= 0.3 is 0 Å². The van der Waals surface area contributed by atoms with E-state index in [1.807, 2.05) is 6.07 Å². The van der Waals surface area contributed by atoms with Crippen LogP contribution in [0, 0.1) is 12.8 Å². The minimum Gasteiger partial charge on any atom is -0.496 e. The monoisotopic (exact) mass is 278 g/mol. The van der Waals surface area contributed by atoms with Crippen molar-refractivity contribution in [2.24, 2.45) is 11.8 Å². The van der Waals surface area contributed by atoms with Gasteiger partial charge in [0.2, 0.25) is 0 Å². The van der Waals surface area contributed by atoms with E-state index in [1.165, 1.54) is 31.2 Å². The third-order valence-electron chi connectivity index (χ3n) is 4.13. The predicted molar refractivity (Wildman–Crippen MR) is 85.7 cm³/mol. The molecule has 20 heavy (non-hydrogen) atoms. The summed E-state index contributed by atoms with van der Waals surface area (Å²) in [6.07, 6.45) is 6.17. The van der Waals surface area contributed by atoms with Crippen molar-refractivity contribution in [1.29, 1.82) is 0 Å². The van der Waals surface area contributed by atoms with Crippen LogP contribution in [0.3, 0.4) is 0 Å². The van der Waals surface area contributed by atoms with Gasteiger partial charge in [0, 0.05) is 6.04 Å².